The van der Waals surface area contributed by atoms with Crippen LogP contribution in [0.2, 0.25) is 0 Å². The molecule has 0 amide bonds. The largest absolute Gasteiger partial charge is 0.461 e. The van der Waals surface area contributed by atoms with Gasteiger partial charge in [-0.3, -0.25) is 5.41 Å². The van der Waals surface area contributed by atoms with Crippen LogP contribution in [0.3, 0.4) is 0 Å². The van der Waals surface area contributed by atoms with Crippen molar-refractivity contribution < 1.29 is 13.9 Å². The minimum absolute atomic E-state index is 0.157. The molecular weight excluding hydrogens is 247 g/mol. The number of esters is 1. The van der Waals surface area contributed by atoms with Gasteiger partial charge < -0.3 is 10.1 Å². The van der Waals surface area contributed by atoms with Crippen LogP contribution in [0.5, 0.6) is 0 Å². The van der Waals surface area contributed by atoms with Gasteiger partial charge in [0.05, 0.1) is 12.6 Å². The van der Waals surface area contributed by atoms with E-state index in [1.807, 2.05) is 30.3 Å². The summed E-state index contributed by atoms with van der Waals surface area (Å²) in [5.74, 6) is -1.58. The van der Waals surface area contributed by atoms with Crippen molar-refractivity contribution in [3.05, 3.63) is 47.9 Å². The lowest BCUT2D eigenvalue weighted by atomic mass is 10.1. The SMILES string of the molecule is CCOC(=O)C(=N)/C=C(/F)N[C@H](C)c1ccccc1. The zero-order valence-corrected chi connectivity index (χ0v) is 10.9. The highest BCUT2D eigenvalue weighted by Crippen LogP contribution is 2.13. The number of carbonyl (C=O) groups excluding carboxylic acids is 1. The number of benzene rings is 1. The molecule has 0 aliphatic carbocycles. The Kier molecular flexibility index (Phi) is 5.73. The van der Waals surface area contributed by atoms with E-state index in [2.05, 4.69) is 10.1 Å². The third kappa shape index (κ3) is 4.91. The summed E-state index contributed by atoms with van der Waals surface area (Å²) in [4.78, 5) is 11.1. The Labute approximate surface area is 111 Å². The van der Waals surface area contributed by atoms with Gasteiger partial charge in [0.25, 0.3) is 0 Å². The number of ether oxygens (including phenoxy) is 1. The quantitative estimate of drug-likeness (QED) is 0.472. The van der Waals surface area contributed by atoms with Crippen LogP contribution >= 0.6 is 0 Å². The molecule has 0 spiro atoms. The fourth-order valence-electron chi connectivity index (χ4n) is 1.47. The molecule has 0 unspecified atom stereocenters. The Morgan fingerprint density at radius 2 is 2.11 bits per heavy atom. The minimum Gasteiger partial charge on any atom is -0.461 e. The Balaban J connectivity index is 2.61. The summed E-state index contributed by atoms with van der Waals surface area (Å²) in [6.07, 6.45) is 0.817. The van der Waals surface area contributed by atoms with E-state index in [1.54, 1.807) is 13.8 Å². The fraction of sp³-hybridized carbons (Fsp3) is 0.286. The number of hydrogen-bond donors (Lipinski definition) is 2. The summed E-state index contributed by atoms with van der Waals surface area (Å²) < 4.78 is 18.2. The zero-order chi connectivity index (χ0) is 14.3. The van der Waals surface area contributed by atoms with E-state index < -0.39 is 17.6 Å². The molecule has 1 atom stereocenters. The molecule has 102 valence electrons. The number of rotatable bonds is 6. The number of halogens is 1. The highest BCUT2D eigenvalue weighted by Gasteiger charge is 2.11. The predicted octanol–water partition coefficient (Wildman–Crippen LogP) is 2.73. The van der Waals surface area contributed by atoms with Gasteiger partial charge in [-0.2, -0.15) is 4.39 Å². The molecule has 0 aromatic heterocycles. The van der Waals surface area contributed by atoms with E-state index in [0.29, 0.717) is 0 Å². The van der Waals surface area contributed by atoms with Gasteiger partial charge in [0, 0.05) is 6.08 Å². The van der Waals surface area contributed by atoms with E-state index in [0.717, 1.165) is 11.6 Å². The summed E-state index contributed by atoms with van der Waals surface area (Å²) in [5.41, 5.74) is 0.390. The summed E-state index contributed by atoms with van der Waals surface area (Å²) >= 11 is 0. The fourth-order valence-corrected chi connectivity index (χ4v) is 1.47. The summed E-state index contributed by atoms with van der Waals surface area (Å²) in [5, 5.41) is 9.92. The lowest BCUT2D eigenvalue weighted by Gasteiger charge is -2.13. The molecular formula is C14H17FN2O2. The van der Waals surface area contributed by atoms with Crippen LogP contribution in [0.15, 0.2) is 42.4 Å². The molecule has 0 saturated heterocycles. The van der Waals surface area contributed by atoms with Gasteiger partial charge in [0.2, 0.25) is 0 Å². The molecule has 4 nitrogen and oxygen atoms in total. The van der Waals surface area contributed by atoms with Crippen LogP contribution in [0.4, 0.5) is 4.39 Å². The molecule has 2 N–H and O–H groups in total. The smallest absolute Gasteiger partial charge is 0.356 e. The average Bonchev–Trinajstić information content (AvgIpc) is 2.39. The third-order valence-corrected chi connectivity index (χ3v) is 2.42. The van der Waals surface area contributed by atoms with Crippen LogP contribution in [0.25, 0.3) is 0 Å². The van der Waals surface area contributed by atoms with E-state index in [9.17, 15) is 9.18 Å². The highest BCUT2D eigenvalue weighted by molar-refractivity contribution is 6.39. The number of nitrogens with one attached hydrogen (secondary N) is 2. The second kappa shape index (κ2) is 7.31. The lowest BCUT2D eigenvalue weighted by molar-refractivity contribution is -0.135. The van der Waals surface area contributed by atoms with Crippen molar-refractivity contribution in [2.24, 2.45) is 0 Å². The Bertz CT molecular complexity index is 472. The first-order chi connectivity index (χ1) is 9.04. The van der Waals surface area contributed by atoms with Crippen molar-refractivity contribution in [1.82, 2.24) is 5.32 Å². The summed E-state index contributed by atoms with van der Waals surface area (Å²) in [6, 6.07) is 9.06. The van der Waals surface area contributed by atoms with E-state index in [4.69, 9.17) is 5.41 Å². The van der Waals surface area contributed by atoms with Gasteiger partial charge in [-0.1, -0.05) is 30.3 Å². The number of hydrogen-bond acceptors (Lipinski definition) is 4. The molecule has 0 aliphatic rings. The van der Waals surface area contributed by atoms with E-state index >= 15 is 0 Å². The van der Waals surface area contributed by atoms with Crippen LogP contribution in [-0.4, -0.2) is 18.3 Å². The normalized spacial score (nSPS) is 12.7. The molecule has 5 heteroatoms. The molecule has 0 saturated carbocycles. The average molecular weight is 264 g/mol. The molecule has 0 radical (unpaired) electrons. The molecule has 19 heavy (non-hydrogen) atoms. The first kappa shape index (κ1) is 14.9. The maximum absolute atomic E-state index is 13.6. The standard InChI is InChI=1S/C14H17FN2O2/c1-3-19-14(18)12(16)9-13(15)17-10(2)11-7-5-4-6-8-11/h4-10,16-17H,3H2,1-2H3/b13-9-,16-12?/t10-/m1/s1. The Morgan fingerprint density at radius 1 is 1.47 bits per heavy atom. The van der Waals surface area contributed by atoms with Gasteiger partial charge in [-0.25, -0.2) is 4.79 Å². The lowest BCUT2D eigenvalue weighted by Crippen LogP contribution is -2.19. The molecule has 1 aromatic rings. The first-order valence-corrected chi connectivity index (χ1v) is 5.99. The summed E-state index contributed by atoms with van der Waals surface area (Å²) in [7, 11) is 0. The third-order valence-electron chi connectivity index (χ3n) is 2.42. The Hall–Kier alpha value is -2.17. The second-order valence-corrected chi connectivity index (χ2v) is 3.90. The van der Waals surface area contributed by atoms with E-state index in [1.165, 1.54) is 0 Å². The van der Waals surface area contributed by atoms with Crippen LogP contribution in [0.1, 0.15) is 25.5 Å². The first-order valence-electron chi connectivity index (χ1n) is 5.99. The Morgan fingerprint density at radius 3 is 2.68 bits per heavy atom. The van der Waals surface area contributed by atoms with Crippen molar-refractivity contribution in [2.45, 2.75) is 19.9 Å². The molecule has 0 fully saturated rings. The maximum atomic E-state index is 13.6. The van der Waals surface area contributed by atoms with Gasteiger partial charge in [-0.05, 0) is 19.4 Å². The minimum atomic E-state index is -0.841. The van der Waals surface area contributed by atoms with Gasteiger partial charge in [-0.15, -0.1) is 0 Å². The topological polar surface area (TPSA) is 62.2 Å². The van der Waals surface area contributed by atoms with Crippen molar-refractivity contribution in [1.29, 1.82) is 5.41 Å². The van der Waals surface area contributed by atoms with Gasteiger partial charge >= 0.3 is 5.97 Å². The summed E-state index contributed by atoms with van der Waals surface area (Å²) in [6.45, 7) is 3.57. The highest BCUT2D eigenvalue weighted by atomic mass is 19.1. The van der Waals surface area contributed by atoms with E-state index in [-0.39, 0.29) is 12.6 Å². The maximum Gasteiger partial charge on any atom is 0.356 e. The molecule has 1 aromatic carbocycles. The molecule has 0 bridgehead atoms. The molecule has 0 aliphatic heterocycles. The molecule has 1 rings (SSSR count). The monoisotopic (exact) mass is 264 g/mol. The van der Waals surface area contributed by atoms with Gasteiger partial charge in [0.1, 0.15) is 5.71 Å². The van der Waals surface area contributed by atoms with Crippen molar-refractivity contribution in [3.8, 4) is 0 Å². The zero-order valence-electron chi connectivity index (χ0n) is 10.9. The van der Waals surface area contributed by atoms with Crippen molar-refractivity contribution in [3.63, 3.8) is 0 Å². The van der Waals surface area contributed by atoms with Crippen LogP contribution in [0, 0.1) is 5.41 Å². The van der Waals surface area contributed by atoms with Crippen LogP contribution in [-0.2, 0) is 9.53 Å². The van der Waals surface area contributed by atoms with Crippen LogP contribution < -0.4 is 5.32 Å². The second-order valence-electron chi connectivity index (χ2n) is 3.90. The predicted molar refractivity (Wildman–Crippen MR) is 71.5 cm³/mol. The molecule has 0 heterocycles. The number of carbonyl (C=O) groups is 1. The van der Waals surface area contributed by atoms with Crippen molar-refractivity contribution in [2.75, 3.05) is 6.61 Å². The van der Waals surface area contributed by atoms with Crippen molar-refractivity contribution >= 4 is 11.7 Å². The van der Waals surface area contributed by atoms with Gasteiger partial charge in [0.15, 0.2) is 5.95 Å².